The van der Waals surface area contributed by atoms with Gasteiger partial charge < -0.3 is 10.1 Å². The van der Waals surface area contributed by atoms with E-state index in [0.717, 1.165) is 11.8 Å². The largest absolute Gasteiger partial charge is 0.379 e. The van der Waals surface area contributed by atoms with Gasteiger partial charge in [0.15, 0.2) is 0 Å². The van der Waals surface area contributed by atoms with Gasteiger partial charge in [-0.2, -0.15) is 0 Å². The van der Waals surface area contributed by atoms with Crippen LogP contribution in [-0.4, -0.2) is 25.8 Å². The fourth-order valence-corrected chi connectivity index (χ4v) is 4.42. The van der Waals surface area contributed by atoms with Crippen LogP contribution in [0.2, 0.25) is 0 Å². The van der Waals surface area contributed by atoms with E-state index in [9.17, 15) is 0 Å². The highest BCUT2D eigenvalue weighted by molar-refractivity contribution is 4.98. The van der Waals surface area contributed by atoms with Gasteiger partial charge in [-0.1, -0.05) is 12.8 Å². The third-order valence-electron chi connectivity index (χ3n) is 6.47. The Bertz CT molecular complexity index is 296. The highest BCUT2D eigenvalue weighted by Crippen LogP contribution is 2.53. The second kappa shape index (κ2) is 5.37. The van der Waals surface area contributed by atoms with Crippen molar-refractivity contribution in [2.75, 3.05) is 20.2 Å². The van der Waals surface area contributed by atoms with Crippen molar-refractivity contribution in [3.63, 3.8) is 0 Å². The van der Waals surface area contributed by atoms with E-state index in [2.05, 4.69) is 12.2 Å². The molecule has 0 aromatic rings. The Morgan fingerprint density at radius 3 is 2.37 bits per heavy atom. The van der Waals surface area contributed by atoms with Gasteiger partial charge in [0, 0.05) is 7.11 Å². The van der Waals surface area contributed by atoms with Crippen LogP contribution in [0.5, 0.6) is 0 Å². The van der Waals surface area contributed by atoms with E-state index >= 15 is 0 Å². The van der Waals surface area contributed by atoms with Gasteiger partial charge >= 0.3 is 0 Å². The normalized spacial score (nSPS) is 43.6. The third kappa shape index (κ3) is 3.00. The molecule has 110 valence electrons. The molecule has 0 aromatic carbocycles. The molecule has 0 aromatic heterocycles. The summed E-state index contributed by atoms with van der Waals surface area (Å²) in [5.41, 5.74) is 0.805. The standard InChI is InChI=1S/C17H31NO/c1-16(19-2)8-10-17(11-9-16,7-5-14-3-4-14)15-6-12-18-13-15/h14-15,18H,3-13H2,1-2H3. The molecule has 2 aliphatic carbocycles. The molecule has 0 amide bonds. The zero-order chi connectivity index (χ0) is 13.3. The van der Waals surface area contributed by atoms with Crippen LogP contribution in [0.25, 0.3) is 0 Å². The summed E-state index contributed by atoms with van der Waals surface area (Å²) in [7, 11) is 1.90. The molecule has 2 nitrogen and oxygen atoms in total. The molecule has 19 heavy (non-hydrogen) atoms. The van der Waals surface area contributed by atoms with Crippen LogP contribution in [0.15, 0.2) is 0 Å². The molecule has 0 radical (unpaired) electrons. The van der Waals surface area contributed by atoms with E-state index in [1.54, 1.807) is 0 Å². The minimum Gasteiger partial charge on any atom is -0.379 e. The second-order valence-corrected chi connectivity index (χ2v) is 7.69. The van der Waals surface area contributed by atoms with Gasteiger partial charge in [-0.05, 0) is 82.2 Å². The lowest BCUT2D eigenvalue weighted by Crippen LogP contribution is -2.42. The maximum absolute atomic E-state index is 5.76. The lowest BCUT2D eigenvalue weighted by molar-refractivity contribution is -0.0688. The topological polar surface area (TPSA) is 21.3 Å². The van der Waals surface area contributed by atoms with Crippen LogP contribution in [0.4, 0.5) is 0 Å². The SMILES string of the molecule is COC1(C)CCC(CCC2CC2)(C2CCNC2)CC1. The van der Waals surface area contributed by atoms with Gasteiger partial charge in [-0.25, -0.2) is 0 Å². The van der Waals surface area contributed by atoms with E-state index in [1.807, 2.05) is 7.11 Å². The quantitative estimate of drug-likeness (QED) is 0.817. The lowest BCUT2D eigenvalue weighted by Gasteiger charge is -2.48. The van der Waals surface area contributed by atoms with Crippen LogP contribution in [0.3, 0.4) is 0 Å². The van der Waals surface area contributed by atoms with Gasteiger partial charge in [-0.15, -0.1) is 0 Å². The van der Waals surface area contributed by atoms with Gasteiger partial charge in [0.1, 0.15) is 0 Å². The average Bonchev–Trinajstić information content (AvgIpc) is 3.10. The molecule has 3 rings (SSSR count). The lowest BCUT2D eigenvalue weighted by atomic mass is 9.60. The molecule has 1 unspecified atom stereocenters. The van der Waals surface area contributed by atoms with E-state index in [4.69, 9.17) is 4.74 Å². The van der Waals surface area contributed by atoms with Crippen molar-refractivity contribution in [1.29, 1.82) is 0 Å². The monoisotopic (exact) mass is 265 g/mol. The van der Waals surface area contributed by atoms with Crippen molar-refractivity contribution in [3.8, 4) is 0 Å². The van der Waals surface area contributed by atoms with E-state index < -0.39 is 0 Å². The summed E-state index contributed by atoms with van der Waals surface area (Å²) in [6.07, 6.45) is 12.8. The summed E-state index contributed by atoms with van der Waals surface area (Å²) in [6, 6.07) is 0. The molecule has 2 saturated carbocycles. The first kappa shape index (κ1) is 13.9. The van der Waals surface area contributed by atoms with Crippen LogP contribution in [-0.2, 0) is 4.74 Å². The molecule has 1 heterocycles. The molecule has 3 fully saturated rings. The molecule has 3 aliphatic rings. The van der Waals surface area contributed by atoms with Gasteiger partial charge in [0.2, 0.25) is 0 Å². The summed E-state index contributed by atoms with van der Waals surface area (Å²) in [5.74, 6) is 2.02. The van der Waals surface area contributed by atoms with Crippen LogP contribution >= 0.6 is 0 Å². The summed E-state index contributed by atoms with van der Waals surface area (Å²) >= 11 is 0. The fourth-order valence-electron chi connectivity index (χ4n) is 4.42. The first-order valence-corrected chi connectivity index (χ1v) is 8.42. The highest BCUT2D eigenvalue weighted by atomic mass is 16.5. The molecular weight excluding hydrogens is 234 g/mol. The maximum Gasteiger partial charge on any atom is 0.0651 e. The number of ether oxygens (including phenoxy) is 1. The minimum absolute atomic E-state index is 0.162. The fraction of sp³-hybridized carbons (Fsp3) is 1.00. The molecular formula is C17H31NO. The summed E-state index contributed by atoms with van der Waals surface area (Å²) in [5, 5.41) is 3.60. The maximum atomic E-state index is 5.76. The van der Waals surface area contributed by atoms with Gasteiger partial charge in [0.05, 0.1) is 5.60 Å². The smallest absolute Gasteiger partial charge is 0.0651 e. The molecule has 0 spiro atoms. The van der Waals surface area contributed by atoms with Crippen molar-refractivity contribution in [3.05, 3.63) is 0 Å². The highest BCUT2D eigenvalue weighted by Gasteiger charge is 2.46. The number of rotatable bonds is 5. The third-order valence-corrected chi connectivity index (χ3v) is 6.47. The van der Waals surface area contributed by atoms with Crippen molar-refractivity contribution in [1.82, 2.24) is 5.32 Å². The minimum atomic E-state index is 0.162. The molecule has 2 heteroatoms. The number of hydrogen-bond donors (Lipinski definition) is 1. The van der Waals surface area contributed by atoms with E-state index in [1.165, 1.54) is 70.9 Å². The zero-order valence-electron chi connectivity index (χ0n) is 12.8. The summed E-state index contributed by atoms with van der Waals surface area (Å²) < 4.78 is 5.76. The molecule has 1 N–H and O–H groups in total. The Kier molecular flexibility index (Phi) is 3.92. The molecule has 1 saturated heterocycles. The summed E-state index contributed by atoms with van der Waals surface area (Å²) in [6.45, 7) is 4.83. The van der Waals surface area contributed by atoms with Crippen LogP contribution in [0, 0.1) is 17.3 Å². The van der Waals surface area contributed by atoms with Crippen molar-refractivity contribution in [2.45, 2.75) is 70.3 Å². The van der Waals surface area contributed by atoms with Crippen molar-refractivity contribution >= 4 is 0 Å². The number of methoxy groups -OCH3 is 1. The Labute approximate surface area is 118 Å². The Morgan fingerprint density at radius 2 is 1.84 bits per heavy atom. The zero-order valence-corrected chi connectivity index (χ0v) is 12.8. The molecule has 1 atom stereocenters. The van der Waals surface area contributed by atoms with Crippen LogP contribution in [0.1, 0.15) is 64.7 Å². The predicted octanol–water partition coefficient (Wildman–Crippen LogP) is 3.75. The second-order valence-electron chi connectivity index (χ2n) is 7.69. The van der Waals surface area contributed by atoms with Crippen LogP contribution < -0.4 is 5.32 Å². The predicted molar refractivity (Wildman–Crippen MR) is 79.2 cm³/mol. The Balaban J connectivity index is 1.65. The van der Waals surface area contributed by atoms with E-state index in [0.29, 0.717) is 5.41 Å². The van der Waals surface area contributed by atoms with E-state index in [-0.39, 0.29) is 5.60 Å². The Hall–Kier alpha value is -0.0800. The Morgan fingerprint density at radius 1 is 1.11 bits per heavy atom. The number of hydrogen-bond acceptors (Lipinski definition) is 2. The van der Waals surface area contributed by atoms with Crippen molar-refractivity contribution in [2.24, 2.45) is 17.3 Å². The van der Waals surface area contributed by atoms with Gasteiger partial charge in [0.25, 0.3) is 0 Å². The van der Waals surface area contributed by atoms with Gasteiger partial charge in [-0.3, -0.25) is 0 Å². The molecule has 0 bridgehead atoms. The number of nitrogens with one attached hydrogen (secondary N) is 1. The summed E-state index contributed by atoms with van der Waals surface area (Å²) in [4.78, 5) is 0. The first-order valence-electron chi connectivity index (χ1n) is 8.42. The van der Waals surface area contributed by atoms with Crippen molar-refractivity contribution < 1.29 is 4.74 Å². The average molecular weight is 265 g/mol. The molecule has 1 aliphatic heterocycles. The first-order chi connectivity index (χ1) is 9.16.